The number of alkyl carbamates (subject to hydrolysis) is 1. The molecule has 7 heteroatoms. The number of hydrogen-bond donors (Lipinski definition) is 3. The summed E-state index contributed by atoms with van der Waals surface area (Å²) in [7, 11) is 0. The van der Waals surface area contributed by atoms with Crippen molar-refractivity contribution >= 4 is 18.0 Å². The molecule has 2 aromatic carbocycles. The first-order valence-corrected chi connectivity index (χ1v) is 11.5. The molecule has 2 aromatic rings. The summed E-state index contributed by atoms with van der Waals surface area (Å²) in [5.41, 5.74) is 4.62. The lowest BCUT2D eigenvalue weighted by Gasteiger charge is -2.21. The number of hydrogen-bond acceptors (Lipinski definition) is 4. The number of nitrogens with one attached hydrogen (secondary N) is 2. The highest BCUT2D eigenvalue weighted by Crippen LogP contribution is 2.44. The quantitative estimate of drug-likeness (QED) is 0.498. The normalized spacial score (nSPS) is 15.0. The van der Waals surface area contributed by atoms with Crippen LogP contribution in [0.4, 0.5) is 4.79 Å². The Labute approximate surface area is 194 Å². The molecule has 0 saturated carbocycles. The molecule has 3 atom stereocenters. The Balaban J connectivity index is 1.48. The zero-order chi connectivity index (χ0) is 24.0. The lowest BCUT2D eigenvalue weighted by Crippen LogP contribution is -2.45. The van der Waals surface area contributed by atoms with Crippen LogP contribution in [0.5, 0.6) is 0 Å². The van der Waals surface area contributed by atoms with E-state index in [0.29, 0.717) is 12.8 Å². The largest absolute Gasteiger partial charge is 0.480 e. The standard InChI is InChI=1S/C26H32N2O5/c1-4-16(2)24(25(30)31)28-23(29)14-13-17(3)27-26(32)33-15-22-20-11-7-5-9-18(20)19-10-6-8-12-21(19)22/h5-12,16-17,22,24H,4,13-15H2,1-3H3,(H,27,32)(H,28,29)(H,30,31). The predicted octanol–water partition coefficient (Wildman–Crippen LogP) is 4.31. The van der Waals surface area contributed by atoms with E-state index in [1.54, 1.807) is 13.8 Å². The van der Waals surface area contributed by atoms with Gasteiger partial charge in [0, 0.05) is 18.4 Å². The summed E-state index contributed by atoms with van der Waals surface area (Å²) in [6.45, 7) is 5.69. The van der Waals surface area contributed by atoms with E-state index < -0.39 is 18.1 Å². The highest BCUT2D eigenvalue weighted by atomic mass is 16.5. The van der Waals surface area contributed by atoms with E-state index in [9.17, 15) is 19.5 Å². The summed E-state index contributed by atoms with van der Waals surface area (Å²) in [4.78, 5) is 35.9. The number of aliphatic carboxylic acids is 1. The van der Waals surface area contributed by atoms with Crippen molar-refractivity contribution in [2.45, 2.75) is 58.0 Å². The monoisotopic (exact) mass is 452 g/mol. The minimum Gasteiger partial charge on any atom is -0.480 e. The van der Waals surface area contributed by atoms with Gasteiger partial charge in [-0.1, -0.05) is 68.8 Å². The molecule has 0 bridgehead atoms. The fraction of sp³-hybridized carbons (Fsp3) is 0.423. The van der Waals surface area contributed by atoms with Crippen LogP contribution in [0.2, 0.25) is 0 Å². The second-order valence-electron chi connectivity index (χ2n) is 8.68. The fourth-order valence-electron chi connectivity index (χ4n) is 4.19. The number of amides is 2. The third kappa shape index (κ3) is 5.92. The topological polar surface area (TPSA) is 105 Å². The molecule has 0 aliphatic heterocycles. The third-order valence-corrected chi connectivity index (χ3v) is 6.31. The number of benzene rings is 2. The molecule has 0 saturated heterocycles. The van der Waals surface area contributed by atoms with Gasteiger partial charge >= 0.3 is 12.1 Å². The lowest BCUT2D eigenvalue weighted by molar-refractivity contribution is -0.143. The van der Waals surface area contributed by atoms with Gasteiger partial charge < -0.3 is 20.5 Å². The van der Waals surface area contributed by atoms with E-state index in [0.717, 1.165) is 11.1 Å². The van der Waals surface area contributed by atoms with Gasteiger partial charge in [0.25, 0.3) is 0 Å². The molecule has 2 amide bonds. The molecule has 0 heterocycles. The molecule has 7 nitrogen and oxygen atoms in total. The second kappa shape index (κ2) is 11.0. The van der Waals surface area contributed by atoms with Crippen LogP contribution in [0, 0.1) is 5.92 Å². The zero-order valence-corrected chi connectivity index (χ0v) is 19.3. The molecule has 0 aromatic heterocycles. The Bertz CT molecular complexity index is 960. The lowest BCUT2D eigenvalue weighted by atomic mass is 9.98. The van der Waals surface area contributed by atoms with E-state index in [1.165, 1.54) is 11.1 Å². The minimum atomic E-state index is -1.04. The number of rotatable bonds is 10. The van der Waals surface area contributed by atoms with Crippen LogP contribution in [0.25, 0.3) is 11.1 Å². The van der Waals surface area contributed by atoms with Crippen molar-refractivity contribution in [2.24, 2.45) is 5.92 Å². The summed E-state index contributed by atoms with van der Waals surface area (Å²) >= 11 is 0. The number of carbonyl (C=O) groups is 3. The van der Waals surface area contributed by atoms with Crippen LogP contribution in [-0.4, -0.2) is 41.8 Å². The summed E-state index contributed by atoms with van der Waals surface area (Å²) in [6.07, 6.45) is 0.609. The Hall–Kier alpha value is -3.35. The number of fused-ring (bicyclic) bond motifs is 3. The molecule has 3 unspecified atom stereocenters. The van der Waals surface area contributed by atoms with Crippen LogP contribution < -0.4 is 10.6 Å². The summed E-state index contributed by atoms with van der Waals surface area (Å²) in [6, 6.07) is 15.1. The van der Waals surface area contributed by atoms with Crippen LogP contribution in [-0.2, 0) is 14.3 Å². The van der Waals surface area contributed by atoms with E-state index in [1.807, 2.05) is 31.2 Å². The molecule has 0 spiro atoms. The average Bonchev–Trinajstić information content (AvgIpc) is 3.13. The molecule has 0 fully saturated rings. The summed E-state index contributed by atoms with van der Waals surface area (Å²) in [5.74, 6) is -1.56. The van der Waals surface area contributed by atoms with Crippen molar-refractivity contribution in [1.82, 2.24) is 10.6 Å². The average molecular weight is 453 g/mol. The van der Waals surface area contributed by atoms with E-state index in [2.05, 4.69) is 34.9 Å². The first-order valence-electron chi connectivity index (χ1n) is 11.5. The van der Waals surface area contributed by atoms with Crippen LogP contribution >= 0.6 is 0 Å². The van der Waals surface area contributed by atoms with Crippen molar-refractivity contribution in [2.75, 3.05) is 6.61 Å². The van der Waals surface area contributed by atoms with Gasteiger partial charge in [0.15, 0.2) is 0 Å². The molecular formula is C26H32N2O5. The summed E-state index contributed by atoms with van der Waals surface area (Å²) in [5, 5.41) is 14.6. The van der Waals surface area contributed by atoms with Gasteiger partial charge in [0.1, 0.15) is 12.6 Å². The number of carboxylic acids is 1. The van der Waals surface area contributed by atoms with Gasteiger partial charge in [-0.2, -0.15) is 0 Å². The van der Waals surface area contributed by atoms with Crippen molar-refractivity contribution in [3.05, 3.63) is 59.7 Å². The fourth-order valence-corrected chi connectivity index (χ4v) is 4.19. The van der Waals surface area contributed by atoms with Crippen LogP contribution in [0.3, 0.4) is 0 Å². The number of carbonyl (C=O) groups excluding carboxylic acids is 2. The molecule has 176 valence electrons. The van der Waals surface area contributed by atoms with Crippen LogP contribution in [0.15, 0.2) is 48.5 Å². The van der Waals surface area contributed by atoms with Gasteiger partial charge in [0.2, 0.25) is 5.91 Å². The Kier molecular flexibility index (Phi) is 8.09. The smallest absolute Gasteiger partial charge is 0.407 e. The van der Waals surface area contributed by atoms with E-state index in [-0.39, 0.29) is 36.8 Å². The minimum absolute atomic E-state index is 0.0160. The van der Waals surface area contributed by atoms with E-state index in [4.69, 9.17) is 4.74 Å². The van der Waals surface area contributed by atoms with Gasteiger partial charge in [-0.25, -0.2) is 9.59 Å². The third-order valence-electron chi connectivity index (χ3n) is 6.31. The molecule has 1 aliphatic carbocycles. The van der Waals surface area contributed by atoms with Crippen molar-refractivity contribution in [3.8, 4) is 11.1 Å². The maximum Gasteiger partial charge on any atom is 0.407 e. The SMILES string of the molecule is CCC(C)C(NC(=O)CCC(C)NC(=O)OCC1c2ccccc2-c2ccccc21)C(=O)O. The first-order chi connectivity index (χ1) is 15.8. The zero-order valence-electron chi connectivity index (χ0n) is 19.3. The molecule has 3 rings (SSSR count). The molecule has 3 N–H and O–H groups in total. The molecule has 0 radical (unpaired) electrons. The number of ether oxygens (including phenoxy) is 1. The van der Waals surface area contributed by atoms with Gasteiger partial charge in [-0.15, -0.1) is 0 Å². The van der Waals surface area contributed by atoms with Crippen molar-refractivity contribution in [1.29, 1.82) is 0 Å². The Morgan fingerprint density at radius 2 is 1.55 bits per heavy atom. The molecule has 1 aliphatic rings. The van der Waals surface area contributed by atoms with Crippen molar-refractivity contribution in [3.63, 3.8) is 0 Å². The highest BCUT2D eigenvalue weighted by Gasteiger charge is 2.29. The maximum atomic E-state index is 12.4. The maximum absolute atomic E-state index is 12.4. The number of carboxylic acid groups (broad SMARTS) is 1. The van der Waals surface area contributed by atoms with Gasteiger partial charge in [-0.3, -0.25) is 4.79 Å². The van der Waals surface area contributed by atoms with Crippen LogP contribution in [0.1, 0.15) is 57.1 Å². The molecule has 33 heavy (non-hydrogen) atoms. The van der Waals surface area contributed by atoms with Gasteiger partial charge in [0.05, 0.1) is 0 Å². The van der Waals surface area contributed by atoms with E-state index >= 15 is 0 Å². The highest BCUT2D eigenvalue weighted by molar-refractivity contribution is 5.83. The summed E-state index contributed by atoms with van der Waals surface area (Å²) < 4.78 is 5.53. The van der Waals surface area contributed by atoms with Gasteiger partial charge in [-0.05, 0) is 41.5 Å². The predicted molar refractivity (Wildman–Crippen MR) is 126 cm³/mol. The first kappa shape index (κ1) is 24.3. The Morgan fingerprint density at radius 3 is 2.09 bits per heavy atom. The molecular weight excluding hydrogens is 420 g/mol. The second-order valence-corrected chi connectivity index (χ2v) is 8.68. The van der Waals surface area contributed by atoms with Crippen molar-refractivity contribution < 1.29 is 24.2 Å². The Morgan fingerprint density at radius 1 is 0.970 bits per heavy atom.